The summed E-state index contributed by atoms with van der Waals surface area (Å²) in [6.45, 7) is 6.65. The lowest BCUT2D eigenvalue weighted by atomic mass is 9.84. The molecule has 0 spiro atoms. The maximum Gasteiger partial charge on any atom is 0.126 e. The van der Waals surface area contributed by atoms with Crippen LogP contribution in [0.1, 0.15) is 39.2 Å². The van der Waals surface area contributed by atoms with Crippen LogP contribution in [0.4, 0.5) is 4.39 Å². The summed E-state index contributed by atoms with van der Waals surface area (Å²) < 4.78 is 19.8. The van der Waals surface area contributed by atoms with Gasteiger partial charge in [0.25, 0.3) is 0 Å². The minimum Gasteiger partial charge on any atom is -0.374 e. The molecule has 0 bridgehead atoms. The lowest BCUT2D eigenvalue weighted by Gasteiger charge is -2.39. The van der Waals surface area contributed by atoms with Gasteiger partial charge in [-0.05, 0) is 49.9 Å². The normalized spacial score (nSPS) is 13.5. The standard InChI is InChI=1S/C15H24ClFN2O/c1-4-15(5-2,20-6-3)14(19-18)10-11-9-12(16)7-8-13(11)17/h7-9,14,19H,4-6,10,18H2,1-3H3. The Morgan fingerprint density at radius 2 is 2.00 bits per heavy atom. The number of nitrogens with one attached hydrogen (secondary N) is 1. The molecular formula is C15H24ClFN2O. The fraction of sp³-hybridized carbons (Fsp3) is 0.600. The first-order valence-electron chi connectivity index (χ1n) is 7.07. The lowest BCUT2D eigenvalue weighted by molar-refractivity contribution is -0.0720. The molecule has 5 heteroatoms. The quantitative estimate of drug-likeness (QED) is 0.571. The topological polar surface area (TPSA) is 47.3 Å². The highest BCUT2D eigenvalue weighted by Gasteiger charge is 2.36. The van der Waals surface area contributed by atoms with Gasteiger partial charge in [-0.1, -0.05) is 25.4 Å². The highest BCUT2D eigenvalue weighted by Crippen LogP contribution is 2.28. The first-order chi connectivity index (χ1) is 9.52. The highest BCUT2D eigenvalue weighted by atomic mass is 35.5. The number of halogens is 2. The van der Waals surface area contributed by atoms with Gasteiger partial charge in [-0.15, -0.1) is 0 Å². The molecule has 3 N–H and O–H groups in total. The van der Waals surface area contributed by atoms with E-state index in [4.69, 9.17) is 22.2 Å². The first-order valence-corrected chi connectivity index (χ1v) is 7.44. The second-order valence-electron chi connectivity index (χ2n) is 4.86. The van der Waals surface area contributed by atoms with Gasteiger partial charge in [0, 0.05) is 11.6 Å². The van der Waals surface area contributed by atoms with Gasteiger partial charge < -0.3 is 4.74 Å². The van der Waals surface area contributed by atoms with Gasteiger partial charge in [-0.25, -0.2) is 4.39 Å². The van der Waals surface area contributed by atoms with Crippen molar-refractivity contribution in [3.8, 4) is 0 Å². The number of nitrogens with two attached hydrogens (primary N) is 1. The molecule has 1 rings (SSSR count). The van der Waals surface area contributed by atoms with E-state index in [2.05, 4.69) is 19.3 Å². The van der Waals surface area contributed by atoms with Gasteiger partial charge in [-0.3, -0.25) is 11.3 Å². The van der Waals surface area contributed by atoms with E-state index in [1.807, 2.05) is 6.92 Å². The van der Waals surface area contributed by atoms with Gasteiger partial charge >= 0.3 is 0 Å². The second kappa shape index (κ2) is 7.93. The van der Waals surface area contributed by atoms with Crippen molar-refractivity contribution in [2.24, 2.45) is 5.84 Å². The maximum atomic E-state index is 13.9. The van der Waals surface area contributed by atoms with Crippen LogP contribution in [0.2, 0.25) is 5.02 Å². The van der Waals surface area contributed by atoms with E-state index in [-0.39, 0.29) is 11.9 Å². The summed E-state index contributed by atoms with van der Waals surface area (Å²) in [7, 11) is 0. The van der Waals surface area contributed by atoms with Crippen LogP contribution < -0.4 is 11.3 Å². The Labute approximate surface area is 125 Å². The van der Waals surface area contributed by atoms with E-state index < -0.39 is 5.60 Å². The van der Waals surface area contributed by atoms with Crippen molar-refractivity contribution < 1.29 is 9.13 Å². The zero-order valence-electron chi connectivity index (χ0n) is 12.4. The molecule has 0 aromatic heterocycles. The fourth-order valence-electron chi connectivity index (χ4n) is 2.65. The van der Waals surface area contributed by atoms with Crippen LogP contribution >= 0.6 is 11.6 Å². The smallest absolute Gasteiger partial charge is 0.126 e. The molecule has 0 aliphatic heterocycles. The van der Waals surface area contributed by atoms with Gasteiger partial charge in [0.15, 0.2) is 0 Å². The summed E-state index contributed by atoms with van der Waals surface area (Å²) in [6, 6.07) is 4.39. The van der Waals surface area contributed by atoms with Crippen molar-refractivity contribution in [2.75, 3.05) is 6.61 Å². The SMILES string of the molecule is CCOC(CC)(CC)C(Cc1cc(Cl)ccc1F)NN. The number of hydrogen-bond donors (Lipinski definition) is 2. The molecule has 3 nitrogen and oxygen atoms in total. The van der Waals surface area contributed by atoms with Crippen LogP contribution in [-0.2, 0) is 11.2 Å². The van der Waals surface area contributed by atoms with Gasteiger partial charge in [-0.2, -0.15) is 0 Å². The number of benzene rings is 1. The van der Waals surface area contributed by atoms with Gasteiger partial charge in [0.2, 0.25) is 0 Å². The zero-order chi connectivity index (χ0) is 15.2. The van der Waals surface area contributed by atoms with Crippen molar-refractivity contribution >= 4 is 11.6 Å². The molecule has 0 saturated heterocycles. The Hall–Kier alpha value is -0.680. The van der Waals surface area contributed by atoms with E-state index in [9.17, 15) is 4.39 Å². The zero-order valence-corrected chi connectivity index (χ0v) is 13.1. The summed E-state index contributed by atoms with van der Waals surface area (Å²) in [5.41, 5.74) is 2.93. The Morgan fingerprint density at radius 1 is 1.35 bits per heavy atom. The van der Waals surface area contributed by atoms with E-state index in [0.29, 0.717) is 23.6 Å². The minimum atomic E-state index is -0.405. The Kier molecular flexibility index (Phi) is 6.89. The molecular weight excluding hydrogens is 279 g/mol. The van der Waals surface area contributed by atoms with E-state index >= 15 is 0 Å². The van der Waals surface area contributed by atoms with Crippen molar-refractivity contribution in [1.82, 2.24) is 5.43 Å². The third-order valence-electron chi connectivity index (χ3n) is 3.90. The molecule has 1 aromatic carbocycles. The molecule has 0 fully saturated rings. The molecule has 1 atom stereocenters. The van der Waals surface area contributed by atoms with Crippen molar-refractivity contribution in [3.05, 3.63) is 34.6 Å². The number of rotatable bonds is 8. The number of hydrogen-bond acceptors (Lipinski definition) is 3. The van der Waals surface area contributed by atoms with Crippen LogP contribution in [0.15, 0.2) is 18.2 Å². The maximum absolute atomic E-state index is 13.9. The third-order valence-corrected chi connectivity index (χ3v) is 4.13. The summed E-state index contributed by atoms with van der Waals surface area (Å²) in [4.78, 5) is 0. The van der Waals surface area contributed by atoms with Crippen molar-refractivity contribution in [2.45, 2.75) is 51.7 Å². The van der Waals surface area contributed by atoms with Crippen LogP contribution in [0.25, 0.3) is 0 Å². The average Bonchev–Trinajstić information content (AvgIpc) is 2.46. The van der Waals surface area contributed by atoms with Gasteiger partial charge in [0.1, 0.15) is 5.82 Å². The minimum absolute atomic E-state index is 0.176. The first kappa shape index (κ1) is 17.4. The summed E-state index contributed by atoms with van der Waals surface area (Å²) in [5, 5.41) is 0.521. The van der Waals surface area contributed by atoms with E-state index in [0.717, 1.165) is 12.8 Å². The van der Waals surface area contributed by atoms with Crippen LogP contribution in [0.5, 0.6) is 0 Å². The highest BCUT2D eigenvalue weighted by molar-refractivity contribution is 6.30. The summed E-state index contributed by atoms with van der Waals surface area (Å²) in [5.74, 6) is 5.42. The van der Waals surface area contributed by atoms with Crippen LogP contribution in [-0.4, -0.2) is 18.2 Å². The lowest BCUT2D eigenvalue weighted by Crippen LogP contribution is -2.55. The third kappa shape index (κ3) is 3.92. The monoisotopic (exact) mass is 302 g/mol. The van der Waals surface area contributed by atoms with E-state index in [1.54, 1.807) is 12.1 Å². The summed E-state index contributed by atoms with van der Waals surface area (Å²) >= 11 is 5.94. The fourth-order valence-corrected chi connectivity index (χ4v) is 2.85. The molecule has 114 valence electrons. The largest absolute Gasteiger partial charge is 0.374 e. The second-order valence-corrected chi connectivity index (χ2v) is 5.30. The predicted octanol–water partition coefficient (Wildman–Crippen LogP) is 3.45. The molecule has 20 heavy (non-hydrogen) atoms. The van der Waals surface area contributed by atoms with Crippen LogP contribution in [0, 0.1) is 5.82 Å². The molecule has 0 heterocycles. The molecule has 0 saturated carbocycles. The number of ether oxygens (including phenoxy) is 1. The molecule has 0 aliphatic rings. The predicted molar refractivity (Wildman–Crippen MR) is 81.2 cm³/mol. The Morgan fingerprint density at radius 3 is 2.50 bits per heavy atom. The molecule has 1 aromatic rings. The molecule has 1 unspecified atom stereocenters. The average molecular weight is 303 g/mol. The molecule has 0 amide bonds. The summed E-state index contributed by atoms with van der Waals surface area (Å²) in [6.07, 6.45) is 2.04. The van der Waals surface area contributed by atoms with Gasteiger partial charge in [0.05, 0.1) is 11.6 Å². The Bertz CT molecular complexity index is 424. The van der Waals surface area contributed by atoms with E-state index in [1.165, 1.54) is 6.07 Å². The molecule has 0 aliphatic carbocycles. The molecule has 0 radical (unpaired) electrons. The van der Waals surface area contributed by atoms with Crippen molar-refractivity contribution in [3.63, 3.8) is 0 Å². The number of hydrazine groups is 1. The van der Waals surface area contributed by atoms with Crippen molar-refractivity contribution in [1.29, 1.82) is 0 Å². The Balaban J connectivity index is 3.02. The van der Waals surface area contributed by atoms with Crippen LogP contribution in [0.3, 0.4) is 0 Å².